The van der Waals surface area contributed by atoms with Gasteiger partial charge in [-0.05, 0) is 32.4 Å². The van der Waals surface area contributed by atoms with Gasteiger partial charge in [0.2, 0.25) is 0 Å². The van der Waals surface area contributed by atoms with Crippen molar-refractivity contribution in [1.29, 1.82) is 0 Å². The van der Waals surface area contributed by atoms with Crippen molar-refractivity contribution in [2.75, 3.05) is 6.61 Å². The molecule has 1 unspecified atom stereocenters. The molecule has 17 heavy (non-hydrogen) atoms. The predicted molar refractivity (Wildman–Crippen MR) is 63.4 cm³/mol. The van der Waals surface area contributed by atoms with Gasteiger partial charge in [0, 0.05) is 11.6 Å². The van der Waals surface area contributed by atoms with Crippen molar-refractivity contribution in [2.45, 2.75) is 38.9 Å². The summed E-state index contributed by atoms with van der Waals surface area (Å²) < 4.78 is 18.8. The Hall–Kier alpha value is -1.13. The second kappa shape index (κ2) is 5.47. The molecule has 2 atom stereocenters. The molecule has 0 heterocycles. The van der Waals surface area contributed by atoms with Crippen LogP contribution in [0.2, 0.25) is 0 Å². The third-order valence-electron chi connectivity index (χ3n) is 2.73. The Labute approximate surface area is 101 Å². The second-order valence-electron chi connectivity index (χ2n) is 4.50. The van der Waals surface area contributed by atoms with Gasteiger partial charge in [-0.25, -0.2) is 4.39 Å². The van der Waals surface area contributed by atoms with Crippen LogP contribution in [-0.4, -0.2) is 22.4 Å². The van der Waals surface area contributed by atoms with E-state index in [4.69, 9.17) is 4.74 Å². The first-order chi connectivity index (χ1) is 7.85. The molecule has 0 amide bonds. The fourth-order valence-corrected chi connectivity index (χ4v) is 1.28. The third kappa shape index (κ3) is 3.98. The van der Waals surface area contributed by atoms with Crippen molar-refractivity contribution in [3.05, 3.63) is 29.6 Å². The highest BCUT2D eigenvalue weighted by atomic mass is 19.1. The van der Waals surface area contributed by atoms with Gasteiger partial charge < -0.3 is 14.9 Å². The molecule has 1 rings (SSSR count). The van der Waals surface area contributed by atoms with Gasteiger partial charge in [-0.2, -0.15) is 0 Å². The van der Waals surface area contributed by atoms with Crippen LogP contribution in [0.15, 0.2) is 18.2 Å². The number of rotatable bonds is 5. The van der Waals surface area contributed by atoms with E-state index in [9.17, 15) is 14.6 Å². The lowest BCUT2D eigenvalue weighted by Crippen LogP contribution is -2.31. The van der Waals surface area contributed by atoms with E-state index < -0.39 is 17.5 Å². The molecule has 0 aliphatic heterocycles. The van der Waals surface area contributed by atoms with Crippen molar-refractivity contribution in [3.63, 3.8) is 0 Å². The largest absolute Gasteiger partial charge is 0.491 e. The van der Waals surface area contributed by atoms with Crippen molar-refractivity contribution in [1.82, 2.24) is 0 Å². The van der Waals surface area contributed by atoms with Gasteiger partial charge in [0.1, 0.15) is 18.2 Å². The topological polar surface area (TPSA) is 49.7 Å². The van der Waals surface area contributed by atoms with Gasteiger partial charge in [0.25, 0.3) is 0 Å². The van der Waals surface area contributed by atoms with Crippen molar-refractivity contribution < 1.29 is 19.3 Å². The molecule has 2 N–H and O–H groups in total. The molecule has 0 saturated carbocycles. The van der Waals surface area contributed by atoms with E-state index in [-0.39, 0.29) is 12.2 Å². The Balaban J connectivity index is 2.71. The van der Waals surface area contributed by atoms with Gasteiger partial charge >= 0.3 is 0 Å². The second-order valence-corrected chi connectivity index (χ2v) is 4.50. The zero-order chi connectivity index (χ0) is 13.1. The average molecular weight is 242 g/mol. The number of ether oxygens (including phenoxy) is 1. The van der Waals surface area contributed by atoms with Crippen LogP contribution >= 0.6 is 0 Å². The quantitative estimate of drug-likeness (QED) is 0.833. The summed E-state index contributed by atoms with van der Waals surface area (Å²) in [5.74, 6) is -0.158. The van der Waals surface area contributed by atoms with Crippen LogP contribution in [0, 0.1) is 5.82 Å². The van der Waals surface area contributed by atoms with Crippen molar-refractivity contribution in [3.8, 4) is 5.75 Å². The highest BCUT2D eigenvalue weighted by molar-refractivity contribution is 5.30. The highest BCUT2D eigenvalue weighted by Gasteiger charge is 2.18. The van der Waals surface area contributed by atoms with E-state index in [0.29, 0.717) is 12.2 Å². The fourth-order valence-electron chi connectivity index (χ4n) is 1.28. The van der Waals surface area contributed by atoms with E-state index in [2.05, 4.69) is 0 Å². The van der Waals surface area contributed by atoms with Crippen LogP contribution in [0.25, 0.3) is 0 Å². The lowest BCUT2D eigenvalue weighted by molar-refractivity contribution is 0.00834. The molecule has 1 aromatic rings. The SMILES string of the molecule is CCC(C)(O)COc1ccc([C@H](C)O)c(F)c1. The van der Waals surface area contributed by atoms with Crippen molar-refractivity contribution in [2.24, 2.45) is 0 Å². The Bertz CT molecular complexity index is 375. The summed E-state index contributed by atoms with van der Waals surface area (Å²) in [5, 5.41) is 19.0. The van der Waals surface area contributed by atoms with E-state index in [1.165, 1.54) is 19.1 Å². The molecule has 3 nitrogen and oxygen atoms in total. The Morgan fingerprint density at radius 3 is 2.59 bits per heavy atom. The van der Waals surface area contributed by atoms with Crippen LogP contribution in [0.5, 0.6) is 5.75 Å². The standard InChI is InChI=1S/C13H19FO3/c1-4-13(3,16)8-17-10-5-6-11(9(2)15)12(14)7-10/h5-7,9,15-16H,4,8H2,1-3H3/t9-,13?/m0/s1. The Morgan fingerprint density at radius 2 is 2.12 bits per heavy atom. The summed E-state index contributed by atoms with van der Waals surface area (Å²) >= 11 is 0. The maximum atomic E-state index is 13.5. The minimum atomic E-state index is -0.917. The van der Waals surface area contributed by atoms with E-state index in [0.717, 1.165) is 0 Å². The summed E-state index contributed by atoms with van der Waals surface area (Å²) in [6, 6.07) is 4.28. The molecule has 0 fully saturated rings. The maximum absolute atomic E-state index is 13.5. The number of aliphatic hydroxyl groups is 2. The van der Waals surface area contributed by atoms with Crippen molar-refractivity contribution >= 4 is 0 Å². The van der Waals surface area contributed by atoms with Gasteiger partial charge in [0.15, 0.2) is 0 Å². The molecule has 0 aliphatic carbocycles. The van der Waals surface area contributed by atoms with Gasteiger partial charge in [-0.3, -0.25) is 0 Å². The lowest BCUT2D eigenvalue weighted by atomic mass is 10.1. The number of aliphatic hydroxyl groups excluding tert-OH is 1. The summed E-state index contributed by atoms with van der Waals surface area (Å²) in [7, 11) is 0. The molecular weight excluding hydrogens is 223 g/mol. The molecule has 96 valence electrons. The van der Waals surface area contributed by atoms with Crippen LogP contribution in [0.3, 0.4) is 0 Å². The van der Waals surface area contributed by atoms with E-state index in [1.54, 1.807) is 13.0 Å². The predicted octanol–water partition coefficient (Wildman–Crippen LogP) is 2.42. The normalized spacial score (nSPS) is 16.4. The summed E-state index contributed by atoms with van der Waals surface area (Å²) in [6.45, 7) is 5.12. The van der Waals surface area contributed by atoms with Gasteiger partial charge in [-0.15, -0.1) is 0 Å². The number of benzene rings is 1. The minimum Gasteiger partial charge on any atom is -0.491 e. The molecule has 1 aromatic carbocycles. The zero-order valence-electron chi connectivity index (χ0n) is 10.4. The average Bonchev–Trinajstić information content (AvgIpc) is 2.26. The third-order valence-corrected chi connectivity index (χ3v) is 2.73. The zero-order valence-corrected chi connectivity index (χ0v) is 10.4. The summed E-state index contributed by atoms with van der Waals surface area (Å²) in [5.41, 5.74) is -0.682. The first-order valence-corrected chi connectivity index (χ1v) is 5.68. The molecule has 0 spiro atoms. The Kier molecular flexibility index (Phi) is 4.48. The minimum absolute atomic E-state index is 0.108. The van der Waals surface area contributed by atoms with Gasteiger partial charge in [-0.1, -0.05) is 6.92 Å². The van der Waals surface area contributed by atoms with Crippen LogP contribution in [0.4, 0.5) is 4.39 Å². The molecule has 0 aromatic heterocycles. The molecule has 0 saturated heterocycles. The fraction of sp³-hybridized carbons (Fsp3) is 0.538. The van der Waals surface area contributed by atoms with E-state index in [1.807, 2.05) is 6.92 Å². The number of halogens is 1. The first-order valence-electron chi connectivity index (χ1n) is 5.68. The molecular formula is C13H19FO3. The molecule has 4 heteroatoms. The molecule has 0 aliphatic rings. The number of hydrogen-bond donors (Lipinski definition) is 2. The smallest absolute Gasteiger partial charge is 0.132 e. The molecule has 0 bridgehead atoms. The van der Waals surface area contributed by atoms with Crippen LogP contribution in [-0.2, 0) is 0 Å². The Morgan fingerprint density at radius 1 is 1.47 bits per heavy atom. The maximum Gasteiger partial charge on any atom is 0.132 e. The van der Waals surface area contributed by atoms with Crippen LogP contribution < -0.4 is 4.74 Å². The number of hydrogen-bond acceptors (Lipinski definition) is 3. The molecule has 0 radical (unpaired) electrons. The van der Waals surface area contributed by atoms with Gasteiger partial charge in [0.05, 0.1) is 11.7 Å². The van der Waals surface area contributed by atoms with Crippen LogP contribution in [0.1, 0.15) is 38.9 Å². The lowest BCUT2D eigenvalue weighted by Gasteiger charge is -2.21. The monoisotopic (exact) mass is 242 g/mol. The summed E-state index contributed by atoms with van der Waals surface area (Å²) in [4.78, 5) is 0. The first kappa shape index (κ1) is 13.9. The highest BCUT2D eigenvalue weighted by Crippen LogP contribution is 2.22. The summed E-state index contributed by atoms with van der Waals surface area (Å²) in [6.07, 6.45) is -0.288. The van der Waals surface area contributed by atoms with E-state index >= 15 is 0 Å².